The number of carbonyl (C=O) groups excluding carboxylic acids is 2. The van der Waals surface area contributed by atoms with Crippen molar-refractivity contribution in [3.63, 3.8) is 0 Å². The van der Waals surface area contributed by atoms with Crippen LogP contribution in [0.4, 0.5) is 23.1 Å². The van der Waals surface area contributed by atoms with Gasteiger partial charge in [0.05, 0.1) is 11.5 Å². The Morgan fingerprint density at radius 2 is 1.74 bits per heavy atom. The van der Waals surface area contributed by atoms with E-state index in [1.165, 1.54) is 0 Å². The van der Waals surface area contributed by atoms with Gasteiger partial charge in [-0.2, -0.15) is 4.98 Å². The third kappa shape index (κ3) is 4.50. The van der Waals surface area contributed by atoms with Gasteiger partial charge in [-0.25, -0.2) is 0 Å². The van der Waals surface area contributed by atoms with Gasteiger partial charge in [-0.3, -0.25) is 19.4 Å². The molecule has 12 heteroatoms. The Morgan fingerprint density at radius 1 is 1.00 bits per heavy atom. The predicted octanol–water partition coefficient (Wildman–Crippen LogP) is 3.66. The van der Waals surface area contributed by atoms with Crippen molar-refractivity contribution in [3.05, 3.63) is 62.4 Å². The summed E-state index contributed by atoms with van der Waals surface area (Å²) in [5.41, 5.74) is 0.421. The molecule has 10 nitrogen and oxygen atoms in total. The Kier molecular flexibility index (Phi) is 5.76. The second-order valence-corrected chi connectivity index (χ2v) is 8.49. The zero-order valence-electron chi connectivity index (χ0n) is 17.4. The van der Waals surface area contributed by atoms with Crippen molar-refractivity contribution in [2.75, 3.05) is 29.2 Å². The number of rotatable bonds is 4. The van der Waals surface area contributed by atoms with E-state index in [2.05, 4.69) is 25.9 Å². The zero-order chi connectivity index (χ0) is 23.8. The Labute approximate surface area is 202 Å². The highest BCUT2D eigenvalue weighted by Gasteiger charge is 2.35. The van der Waals surface area contributed by atoms with Gasteiger partial charge in [0.25, 0.3) is 5.56 Å². The van der Waals surface area contributed by atoms with Crippen molar-refractivity contribution in [2.24, 2.45) is 0 Å². The number of benzene rings is 2. The molecule has 1 atom stereocenters. The molecule has 5 rings (SSSR count). The molecule has 3 aromatic rings. The van der Waals surface area contributed by atoms with E-state index in [1.54, 1.807) is 36.4 Å². The Balaban J connectivity index is 1.42. The van der Waals surface area contributed by atoms with E-state index in [0.29, 0.717) is 46.1 Å². The van der Waals surface area contributed by atoms with E-state index in [9.17, 15) is 14.4 Å². The van der Waals surface area contributed by atoms with E-state index in [-0.39, 0.29) is 23.8 Å². The third-order valence-electron chi connectivity index (χ3n) is 5.20. The maximum Gasteiger partial charge on any atom is 0.258 e. The van der Waals surface area contributed by atoms with Crippen LogP contribution in [0.15, 0.2) is 41.2 Å². The van der Waals surface area contributed by atoms with Gasteiger partial charge in [0.15, 0.2) is 11.5 Å². The Bertz CT molecular complexity index is 1360. The van der Waals surface area contributed by atoms with Gasteiger partial charge >= 0.3 is 0 Å². The second-order valence-electron chi connectivity index (χ2n) is 7.61. The molecule has 2 aliphatic heterocycles. The summed E-state index contributed by atoms with van der Waals surface area (Å²) < 4.78 is 11.0. The quantitative estimate of drug-likeness (QED) is 0.428. The fraction of sp³-hybridized carbons (Fsp3) is 0.182. The van der Waals surface area contributed by atoms with Crippen LogP contribution in [-0.2, 0) is 9.59 Å². The van der Waals surface area contributed by atoms with Crippen LogP contribution in [0, 0.1) is 0 Å². The molecular weight excluding hydrogens is 485 g/mol. The molecule has 0 saturated heterocycles. The number of ether oxygens (including phenoxy) is 2. The molecule has 1 aromatic heterocycles. The fourth-order valence-electron chi connectivity index (χ4n) is 3.77. The first-order valence-corrected chi connectivity index (χ1v) is 11.0. The number of H-pyrrole nitrogens is 1. The van der Waals surface area contributed by atoms with Gasteiger partial charge in [-0.05, 0) is 30.3 Å². The van der Waals surface area contributed by atoms with Gasteiger partial charge in [0, 0.05) is 33.9 Å². The standard InChI is InChI=1S/C22H17Cl2N5O5/c23-10-5-11(24)7-13(6-10)26-22-28-19-18(21(32)29-22)14(9-17(30)27-19)20(31)25-12-1-2-15-16(8-12)34-4-3-33-15/h1-2,5-8,14H,3-4,9H2,(H,25,31)(H3,26,27,28,29,30,32). The summed E-state index contributed by atoms with van der Waals surface area (Å²) in [5, 5.41) is 8.97. The van der Waals surface area contributed by atoms with Crippen LogP contribution >= 0.6 is 23.2 Å². The SMILES string of the molecule is O=C1CC(C(=O)Nc2ccc3c(c2)OCCO3)c2c(nc(Nc3cc(Cl)cc(Cl)c3)[nH]c2=O)N1. The average molecular weight is 502 g/mol. The first-order chi connectivity index (χ1) is 16.4. The highest BCUT2D eigenvalue weighted by Crippen LogP contribution is 2.34. The molecule has 34 heavy (non-hydrogen) atoms. The smallest absolute Gasteiger partial charge is 0.258 e. The summed E-state index contributed by atoms with van der Waals surface area (Å²) in [4.78, 5) is 45.2. The van der Waals surface area contributed by atoms with Crippen molar-refractivity contribution in [2.45, 2.75) is 12.3 Å². The van der Waals surface area contributed by atoms with Crippen LogP contribution in [-0.4, -0.2) is 35.0 Å². The largest absolute Gasteiger partial charge is 0.486 e. The van der Waals surface area contributed by atoms with Crippen LogP contribution in [0.3, 0.4) is 0 Å². The number of anilines is 4. The number of halogens is 2. The van der Waals surface area contributed by atoms with Crippen LogP contribution in [0.2, 0.25) is 10.0 Å². The Morgan fingerprint density at radius 3 is 2.50 bits per heavy atom. The maximum atomic E-state index is 13.1. The van der Waals surface area contributed by atoms with Crippen LogP contribution in [0.25, 0.3) is 0 Å². The maximum absolute atomic E-state index is 13.1. The minimum atomic E-state index is -1.04. The van der Waals surface area contributed by atoms with Crippen molar-refractivity contribution in [1.29, 1.82) is 0 Å². The highest BCUT2D eigenvalue weighted by atomic mass is 35.5. The summed E-state index contributed by atoms with van der Waals surface area (Å²) in [5.74, 6) is -0.876. The summed E-state index contributed by atoms with van der Waals surface area (Å²) in [6, 6.07) is 9.70. The van der Waals surface area contributed by atoms with Crippen molar-refractivity contribution >= 4 is 58.2 Å². The van der Waals surface area contributed by atoms with E-state index in [4.69, 9.17) is 32.7 Å². The van der Waals surface area contributed by atoms with E-state index in [0.717, 1.165) is 0 Å². The van der Waals surface area contributed by atoms with Gasteiger partial charge in [0.2, 0.25) is 17.8 Å². The number of carbonyl (C=O) groups is 2. The van der Waals surface area contributed by atoms with Crippen LogP contribution in [0.1, 0.15) is 17.9 Å². The number of fused-ring (bicyclic) bond motifs is 2. The van der Waals surface area contributed by atoms with Gasteiger partial charge in [-0.1, -0.05) is 23.2 Å². The van der Waals surface area contributed by atoms with Crippen molar-refractivity contribution in [3.8, 4) is 11.5 Å². The van der Waals surface area contributed by atoms with E-state index < -0.39 is 23.3 Å². The lowest BCUT2D eigenvalue weighted by Crippen LogP contribution is -2.36. The third-order valence-corrected chi connectivity index (χ3v) is 5.64. The lowest BCUT2D eigenvalue weighted by atomic mass is 9.92. The van der Waals surface area contributed by atoms with Gasteiger partial charge in [0.1, 0.15) is 19.0 Å². The molecule has 174 valence electrons. The average Bonchev–Trinajstić information content (AvgIpc) is 2.77. The Hall–Kier alpha value is -3.76. The molecule has 0 spiro atoms. The number of aromatic nitrogens is 2. The number of nitrogens with one attached hydrogen (secondary N) is 4. The van der Waals surface area contributed by atoms with E-state index >= 15 is 0 Å². The lowest BCUT2D eigenvalue weighted by Gasteiger charge is -2.24. The molecule has 0 bridgehead atoms. The molecule has 2 aliphatic rings. The second kappa shape index (κ2) is 8.88. The van der Waals surface area contributed by atoms with E-state index in [1.807, 2.05) is 0 Å². The minimum absolute atomic E-state index is 0.00190. The monoisotopic (exact) mass is 501 g/mol. The predicted molar refractivity (Wildman–Crippen MR) is 127 cm³/mol. The summed E-state index contributed by atoms with van der Waals surface area (Å²) in [6.45, 7) is 0.850. The molecular formula is C22H17Cl2N5O5. The minimum Gasteiger partial charge on any atom is -0.486 e. The molecule has 0 radical (unpaired) electrons. The van der Waals surface area contributed by atoms with Gasteiger partial charge < -0.3 is 25.4 Å². The normalized spacial score (nSPS) is 16.3. The molecule has 0 fully saturated rings. The summed E-state index contributed by atoms with van der Waals surface area (Å²) in [7, 11) is 0. The summed E-state index contributed by atoms with van der Waals surface area (Å²) in [6.07, 6.45) is -0.204. The summed E-state index contributed by atoms with van der Waals surface area (Å²) >= 11 is 12.0. The number of amides is 2. The molecule has 0 aliphatic carbocycles. The number of aromatic amines is 1. The number of hydrogen-bond acceptors (Lipinski definition) is 7. The molecule has 2 amide bonds. The number of nitrogens with zero attached hydrogens (tertiary/aromatic N) is 1. The topological polar surface area (TPSA) is 134 Å². The van der Waals surface area contributed by atoms with Crippen LogP contribution < -0.4 is 31.0 Å². The molecule has 4 N–H and O–H groups in total. The molecule has 2 aromatic carbocycles. The highest BCUT2D eigenvalue weighted by molar-refractivity contribution is 6.35. The first kappa shape index (κ1) is 22.1. The van der Waals surface area contributed by atoms with Crippen molar-refractivity contribution < 1.29 is 19.1 Å². The lowest BCUT2D eigenvalue weighted by molar-refractivity contribution is -0.123. The molecule has 3 heterocycles. The van der Waals surface area contributed by atoms with Crippen molar-refractivity contribution in [1.82, 2.24) is 9.97 Å². The van der Waals surface area contributed by atoms with Gasteiger partial charge in [-0.15, -0.1) is 0 Å². The zero-order valence-corrected chi connectivity index (χ0v) is 18.9. The fourth-order valence-corrected chi connectivity index (χ4v) is 4.29. The van der Waals surface area contributed by atoms with Crippen LogP contribution in [0.5, 0.6) is 11.5 Å². The number of hydrogen-bond donors (Lipinski definition) is 4. The molecule has 0 saturated carbocycles. The first-order valence-electron chi connectivity index (χ1n) is 10.2. The molecule has 1 unspecified atom stereocenters.